The van der Waals surface area contributed by atoms with Gasteiger partial charge in [-0.25, -0.2) is 4.98 Å². The van der Waals surface area contributed by atoms with Gasteiger partial charge in [0.25, 0.3) is 0 Å². The Labute approximate surface area is 183 Å². The Hall–Kier alpha value is -1.48. The number of nitrogens with one attached hydrogen (secondary N) is 1. The molecule has 0 bridgehead atoms. The summed E-state index contributed by atoms with van der Waals surface area (Å²) < 4.78 is 11.5. The summed E-state index contributed by atoms with van der Waals surface area (Å²) in [5.41, 5.74) is -0.0542. The first-order chi connectivity index (χ1) is 12.3. The second-order valence-electron chi connectivity index (χ2n) is 7.00. The molecule has 1 heterocycles. The molecular formula is C19H28ClIN4O2. The van der Waals surface area contributed by atoms with Crippen molar-refractivity contribution in [2.45, 2.75) is 32.7 Å². The molecule has 150 valence electrons. The predicted octanol–water partition coefficient (Wildman–Crippen LogP) is 4.33. The number of likely N-dealkylation sites (N-methyl/N-ethyl adjacent to an activating group) is 1. The molecule has 0 aliphatic carbocycles. The van der Waals surface area contributed by atoms with E-state index >= 15 is 0 Å². The van der Waals surface area contributed by atoms with E-state index in [0.29, 0.717) is 30.6 Å². The summed E-state index contributed by atoms with van der Waals surface area (Å²) >= 11 is 5.95. The van der Waals surface area contributed by atoms with Gasteiger partial charge in [0.05, 0.1) is 19.3 Å². The van der Waals surface area contributed by atoms with E-state index in [9.17, 15) is 0 Å². The van der Waals surface area contributed by atoms with Gasteiger partial charge in [-0.15, -0.1) is 24.0 Å². The Balaban J connectivity index is 0.00000364. The van der Waals surface area contributed by atoms with Crippen molar-refractivity contribution in [2.24, 2.45) is 4.99 Å². The van der Waals surface area contributed by atoms with Crippen LogP contribution in [0.4, 0.5) is 0 Å². The van der Waals surface area contributed by atoms with E-state index < -0.39 is 0 Å². The first-order valence-electron chi connectivity index (χ1n) is 8.55. The number of aliphatic imine (C=N–C) groups is 1. The number of oxazole rings is 1. The topological polar surface area (TPSA) is 62.9 Å². The van der Waals surface area contributed by atoms with Crippen LogP contribution in [0.5, 0.6) is 5.75 Å². The molecule has 0 amide bonds. The summed E-state index contributed by atoms with van der Waals surface area (Å²) in [6.07, 6.45) is 1.78. The van der Waals surface area contributed by atoms with E-state index in [1.165, 1.54) is 0 Å². The number of nitrogens with zero attached hydrogens (tertiary/aromatic N) is 3. The number of guanidine groups is 1. The lowest BCUT2D eigenvalue weighted by Crippen LogP contribution is -2.40. The van der Waals surface area contributed by atoms with Crippen LogP contribution in [-0.2, 0) is 12.0 Å². The quantitative estimate of drug-likeness (QED) is 0.359. The summed E-state index contributed by atoms with van der Waals surface area (Å²) in [4.78, 5) is 10.6. The fraction of sp³-hybridized carbons (Fsp3) is 0.474. The molecule has 0 fully saturated rings. The Morgan fingerprint density at radius 1 is 1.37 bits per heavy atom. The van der Waals surface area contributed by atoms with Crippen LogP contribution in [0.2, 0.25) is 5.02 Å². The van der Waals surface area contributed by atoms with Gasteiger partial charge in [-0.1, -0.05) is 38.4 Å². The summed E-state index contributed by atoms with van der Waals surface area (Å²) in [6, 6.07) is 7.36. The highest BCUT2D eigenvalue weighted by molar-refractivity contribution is 14.0. The zero-order valence-electron chi connectivity index (χ0n) is 16.5. The van der Waals surface area contributed by atoms with E-state index in [-0.39, 0.29) is 29.4 Å². The zero-order valence-corrected chi connectivity index (χ0v) is 19.5. The largest absolute Gasteiger partial charge is 0.492 e. The number of halogens is 2. The van der Waals surface area contributed by atoms with Crippen molar-refractivity contribution in [3.05, 3.63) is 47.1 Å². The van der Waals surface area contributed by atoms with Crippen LogP contribution >= 0.6 is 35.6 Å². The van der Waals surface area contributed by atoms with Crippen molar-refractivity contribution in [3.8, 4) is 5.75 Å². The van der Waals surface area contributed by atoms with Crippen LogP contribution in [0.15, 0.2) is 39.9 Å². The highest BCUT2D eigenvalue weighted by Gasteiger charge is 2.19. The Morgan fingerprint density at radius 2 is 2.11 bits per heavy atom. The van der Waals surface area contributed by atoms with Gasteiger partial charge in [0.1, 0.15) is 18.1 Å². The number of aromatic nitrogens is 1. The first kappa shape index (κ1) is 23.6. The van der Waals surface area contributed by atoms with Crippen molar-refractivity contribution in [2.75, 3.05) is 27.2 Å². The molecular weight excluding hydrogens is 479 g/mol. The zero-order chi connectivity index (χ0) is 19.2. The molecule has 0 radical (unpaired) electrons. The van der Waals surface area contributed by atoms with Crippen molar-refractivity contribution >= 4 is 41.5 Å². The van der Waals surface area contributed by atoms with Gasteiger partial charge in [0.15, 0.2) is 5.96 Å². The van der Waals surface area contributed by atoms with Gasteiger partial charge in [-0.2, -0.15) is 0 Å². The Kier molecular flexibility index (Phi) is 9.38. The van der Waals surface area contributed by atoms with Crippen LogP contribution in [0, 0.1) is 0 Å². The minimum Gasteiger partial charge on any atom is -0.492 e. The monoisotopic (exact) mass is 506 g/mol. The van der Waals surface area contributed by atoms with Gasteiger partial charge < -0.3 is 19.4 Å². The van der Waals surface area contributed by atoms with Crippen molar-refractivity contribution in [1.82, 2.24) is 15.2 Å². The lowest BCUT2D eigenvalue weighted by atomic mass is 9.94. The molecule has 0 unspecified atom stereocenters. The molecule has 0 saturated heterocycles. The highest BCUT2D eigenvalue weighted by Crippen LogP contribution is 2.22. The molecule has 1 N–H and O–H groups in total. The molecule has 27 heavy (non-hydrogen) atoms. The lowest BCUT2D eigenvalue weighted by Gasteiger charge is -2.21. The molecule has 0 aliphatic rings. The fourth-order valence-electron chi connectivity index (χ4n) is 2.24. The van der Waals surface area contributed by atoms with E-state index in [1.54, 1.807) is 19.3 Å². The van der Waals surface area contributed by atoms with Crippen LogP contribution < -0.4 is 10.1 Å². The van der Waals surface area contributed by atoms with E-state index in [0.717, 1.165) is 17.5 Å². The van der Waals surface area contributed by atoms with E-state index in [2.05, 4.69) is 36.1 Å². The average Bonchev–Trinajstić information content (AvgIpc) is 3.05. The van der Waals surface area contributed by atoms with E-state index in [1.807, 2.05) is 30.1 Å². The third-order valence-corrected chi connectivity index (χ3v) is 3.99. The third-order valence-electron chi connectivity index (χ3n) is 3.76. The fourth-order valence-corrected chi connectivity index (χ4v) is 2.42. The Bertz CT molecular complexity index is 743. The molecule has 6 nitrogen and oxygen atoms in total. The number of hydrogen-bond donors (Lipinski definition) is 1. The molecule has 2 aromatic rings. The third kappa shape index (κ3) is 7.57. The van der Waals surface area contributed by atoms with Gasteiger partial charge in [0, 0.05) is 24.5 Å². The van der Waals surface area contributed by atoms with Crippen molar-refractivity contribution in [3.63, 3.8) is 0 Å². The molecule has 1 aromatic heterocycles. The predicted molar refractivity (Wildman–Crippen MR) is 120 cm³/mol. The normalized spacial score (nSPS) is 11.7. The van der Waals surface area contributed by atoms with Crippen LogP contribution in [0.1, 0.15) is 32.4 Å². The van der Waals surface area contributed by atoms with Crippen molar-refractivity contribution in [1.29, 1.82) is 0 Å². The lowest BCUT2D eigenvalue weighted by molar-refractivity contribution is 0.281. The van der Waals surface area contributed by atoms with Gasteiger partial charge >= 0.3 is 0 Å². The smallest absolute Gasteiger partial charge is 0.213 e. The summed E-state index contributed by atoms with van der Waals surface area (Å²) in [7, 11) is 3.69. The average molecular weight is 507 g/mol. The maximum atomic E-state index is 5.95. The summed E-state index contributed by atoms with van der Waals surface area (Å²) in [5, 5.41) is 3.91. The maximum absolute atomic E-state index is 5.95. The van der Waals surface area contributed by atoms with E-state index in [4.69, 9.17) is 20.8 Å². The number of hydrogen-bond acceptors (Lipinski definition) is 4. The minimum atomic E-state index is -0.0542. The minimum absolute atomic E-state index is 0. The molecule has 2 rings (SSSR count). The molecule has 0 aliphatic heterocycles. The summed E-state index contributed by atoms with van der Waals surface area (Å²) in [6.45, 7) is 7.95. The second-order valence-corrected chi connectivity index (χ2v) is 7.43. The standard InChI is InChI=1S/C19H27ClN4O2.HI/c1-19(2,3)16-12-22-17(26-16)13-23-18(21-4)24(5)9-10-25-15-8-6-7-14(20)11-15;/h6-8,11-12H,9-10,13H2,1-5H3,(H,21,23);1H. The first-order valence-corrected chi connectivity index (χ1v) is 8.92. The molecule has 8 heteroatoms. The second kappa shape index (κ2) is 10.8. The Morgan fingerprint density at radius 3 is 2.70 bits per heavy atom. The van der Waals surface area contributed by atoms with Crippen LogP contribution in [0.3, 0.4) is 0 Å². The van der Waals surface area contributed by atoms with Gasteiger partial charge in [-0.3, -0.25) is 4.99 Å². The number of ether oxygens (including phenoxy) is 1. The maximum Gasteiger partial charge on any atom is 0.213 e. The van der Waals surface area contributed by atoms with Crippen LogP contribution in [0.25, 0.3) is 0 Å². The molecule has 0 saturated carbocycles. The molecule has 0 spiro atoms. The SMILES string of the molecule is CN=C(NCc1ncc(C(C)(C)C)o1)N(C)CCOc1cccc(Cl)c1.I. The molecule has 1 aromatic carbocycles. The number of benzene rings is 1. The highest BCUT2D eigenvalue weighted by atomic mass is 127. The summed E-state index contributed by atoms with van der Waals surface area (Å²) in [5.74, 6) is 3.01. The number of rotatable bonds is 6. The van der Waals surface area contributed by atoms with Crippen molar-refractivity contribution < 1.29 is 9.15 Å². The van der Waals surface area contributed by atoms with Gasteiger partial charge in [-0.05, 0) is 18.2 Å². The van der Waals surface area contributed by atoms with Crippen LogP contribution in [-0.4, -0.2) is 43.1 Å². The van der Waals surface area contributed by atoms with Gasteiger partial charge in [0.2, 0.25) is 5.89 Å². The molecule has 0 atom stereocenters.